The molecule has 0 spiro atoms. The third-order valence-corrected chi connectivity index (χ3v) is 8.17. The molecular weight excluding hydrogens is 532 g/mol. The molecule has 2 aliphatic heterocycles. The summed E-state index contributed by atoms with van der Waals surface area (Å²) >= 11 is 0. The highest BCUT2D eigenvalue weighted by molar-refractivity contribution is 5.94. The van der Waals surface area contributed by atoms with Crippen molar-refractivity contribution in [2.24, 2.45) is 0 Å². The zero-order valence-electron chi connectivity index (χ0n) is 24.7. The van der Waals surface area contributed by atoms with Crippen LogP contribution in [0.15, 0.2) is 42.5 Å². The number of amides is 1. The number of anilines is 2. The Kier molecular flexibility index (Phi) is 10.3. The fraction of sp³-hybridized carbons (Fsp3) is 0.531. The summed E-state index contributed by atoms with van der Waals surface area (Å²) in [6.07, 6.45) is 4.89. The highest BCUT2D eigenvalue weighted by atomic mass is 16.5. The van der Waals surface area contributed by atoms with Gasteiger partial charge in [0, 0.05) is 43.2 Å². The van der Waals surface area contributed by atoms with Gasteiger partial charge in [-0.05, 0) is 57.4 Å². The molecule has 2 aliphatic rings. The lowest BCUT2D eigenvalue weighted by atomic mass is 9.93. The van der Waals surface area contributed by atoms with E-state index in [1.54, 1.807) is 0 Å². The molecule has 4 heterocycles. The van der Waals surface area contributed by atoms with Crippen molar-refractivity contribution in [1.82, 2.24) is 20.3 Å². The van der Waals surface area contributed by atoms with Crippen LogP contribution < -0.4 is 15.1 Å². The van der Waals surface area contributed by atoms with E-state index in [-0.39, 0.29) is 23.9 Å². The number of ether oxygens (including phenoxy) is 2. The van der Waals surface area contributed by atoms with Crippen LogP contribution in [0.25, 0.3) is 11.0 Å². The predicted octanol–water partition coefficient (Wildman–Crippen LogP) is 4.14. The molecule has 2 saturated heterocycles. The monoisotopic (exact) mass is 574 g/mol. The molecule has 2 aromatic heterocycles. The SMILES string of the molecule is C[C@@H]1COCCN1c1nc(N2CCOC[C@H]2C)c2ccc(C(CCCCC=O)CCNC(=O)c3ccccc3)nc2n1. The number of carbonyl (C=O) groups excluding carboxylic acids is 2. The van der Waals surface area contributed by atoms with E-state index < -0.39 is 0 Å². The van der Waals surface area contributed by atoms with Crippen LogP contribution in [0.2, 0.25) is 0 Å². The number of nitrogens with one attached hydrogen (secondary N) is 1. The van der Waals surface area contributed by atoms with E-state index in [9.17, 15) is 9.59 Å². The molecule has 0 saturated carbocycles. The Morgan fingerprint density at radius 3 is 2.40 bits per heavy atom. The Balaban J connectivity index is 1.44. The number of morpholine rings is 2. The van der Waals surface area contributed by atoms with Crippen molar-refractivity contribution in [3.8, 4) is 0 Å². The summed E-state index contributed by atoms with van der Waals surface area (Å²) in [6.45, 7) is 8.88. The van der Waals surface area contributed by atoms with Crippen LogP contribution in [0, 0.1) is 0 Å². The van der Waals surface area contributed by atoms with Gasteiger partial charge in [-0.2, -0.15) is 9.97 Å². The van der Waals surface area contributed by atoms with Crippen LogP contribution in [-0.4, -0.2) is 85.3 Å². The number of aromatic nitrogens is 3. The molecule has 0 radical (unpaired) electrons. The zero-order chi connectivity index (χ0) is 29.3. The van der Waals surface area contributed by atoms with Gasteiger partial charge in [0.25, 0.3) is 5.91 Å². The molecule has 10 nitrogen and oxygen atoms in total. The van der Waals surface area contributed by atoms with E-state index in [0.29, 0.717) is 56.6 Å². The molecule has 5 rings (SSSR count). The fourth-order valence-electron chi connectivity index (χ4n) is 5.75. The molecular formula is C32H42N6O4. The average molecular weight is 575 g/mol. The Hall–Kier alpha value is -3.63. The second-order valence-corrected chi connectivity index (χ2v) is 11.2. The summed E-state index contributed by atoms with van der Waals surface area (Å²) in [5, 5.41) is 3.99. The maximum atomic E-state index is 12.7. The van der Waals surface area contributed by atoms with Crippen LogP contribution in [0.5, 0.6) is 0 Å². The smallest absolute Gasteiger partial charge is 0.251 e. The molecule has 224 valence electrons. The number of unbranched alkanes of at least 4 members (excludes halogenated alkanes) is 2. The maximum Gasteiger partial charge on any atom is 0.251 e. The first kappa shape index (κ1) is 29.8. The lowest BCUT2D eigenvalue weighted by Gasteiger charge is -2.37. The Labute approximate surface area is 247 Å². The minimum absolute atomic E-state index is 0.0805. The van der Waals surface area contributed by atoms with Crippen LogP contribution in [0.3, 0.4) is 0 Å². The number of nitrogens with zero attached hydrogens (tertiary/aromatic N) is 5. The van der Waals surface area contributed by atoms with Crippen molar-refractivity contribution < 1.29 is 19.1 Å². The summed E-state index contributed by atoms with van der Waals surface area (Å²) in [5.74, 6) is 1.60. The Bertz CT molecular complexity index is 1340. The number of rotatable bonds is 12. The maximum absolute atomic E-state index is 12.7. The quantitative estimate of drug-likeness (QED) is 0.252. The van der Waals surface area contributed by atoms with Gasteiger partial charge < -0.3 is 29.4 Å². The number of aldehydes is 1. The van der Waals surface area contributed by atoms with Crippen molar-refractivity contribution in [2.45, 2.75) is 64.0 Å². The fourth-order valence-corrected chi connectivity index (χ4v) is 5.75. The van der Waals surface area contributed by atoms with Crippen molar-refractivity contribution in [1.29, 1.82) is 0 Å². The van der Waals surface area contributed by atoms with Crippen molar-refractivity contribution in [2.75, 3.05) is 55.9 Å². The van der Waals surface area contributed by atoms with Crippen LogP contribution in [-0.2, 0) is 14.3 Å². The largest absolute Gasteiger partial charge is 0.377 e. The third-order valence-electron chi connectivity index (χ3n) is 8.17. The minimum atomic E-state index is -0.0805. The highest BCUT2D eigenvalue weighted by Crippen LogP contribution is 2.32. The molecule has 2 fully saturated rings. The molecule has 1 aromatic carbocycles. The Morgan fingerprint density at radius 2 is 1.69 bits per heavy atom. The lowest BCUT2D eigenvalue weighted by Crippen LogP contribution is -2.46. The summed E-state index contributed by atoms with van der Waals surface area (Å²) in [5.41, 5.74) is 2.27. The molecule has 0 bridgehead atoms. The van der Waals surface area contributed by atoms with E-state index in [2.05, 4.69) is 41.1 Å². The van der Waals surface area contributed by atoms with E-state index in [1.165, 1.54) is 0 Å². The van der Waals surface area contributed by atoms with Gasteiger partial charge in [0.05, 0.1) is 43.9 Å². The molecule has 1 amide bonds. The summed E-state index contributed by atoms with van der Waals surface area (Å²) < 4.78 is 11.4. The van der Waals surface area contributed by atoms with E-state index in [1.807, 2.05) is 30.3 Å². The summed E-state index contributed by atoms with van der Waals surface area (Å²) in [4.78, 5) is 43.3. The van der Waals surface area contributed by atoms with Gasteiger partial charge in [-0.15, -0.1) is 0 Å². The topological polar surface area (TPSA) is 110 Å². The van der Waals surface area contributed by atoms with Crippen LogP contribution in [0.4, 0.5) is 11.8 Å². The van der Waals surface area contributed by atoms with Crippen molar-refractivity contribution in [3.05, 3.63) is 53.7 Å². The number of carbonyl (C=O) groups is 2. The van der Waals surface area contributed by atoms with E-state index in [4.69, 9.17) is 24.4 Å². The van der Waals surface area contributed by atoms with Gasteiger partial charge in [0.15, 0.2) is 5.65 Å². The summed E-state index contributed by atoms with van der Waals surface area (Å²) in [6, 6.07) is 13.8. The van der Waals surface area contributed by atoms with Crippen LogP contribution >= 0.6 is 0 Å². The normalized spacial score (nSPS) is 20.0. The Morgan fingerprint density at radius 1 is 0.952 bits per heavy atom. The molecule has 1 unspecified atom stereocenters. The van der Waals surface area contributed by atoms with Gasteiger partial charge in [-0.1, -0.05) is 24.6 Å². The lowest BCUT2D eigenvalue weighted by molar-refractivity contribution is -0.107. The number of hydrogen-bond acceptors (Lipinski definition) is 9. The molecule has 42 heavy (non-hydrogen) atoms. The second-order valence-electron chi connectivity index (χ2n) is 11.2. The van der Waals surface area contributed by atoms with Gasteiger partial charge in [-0.25, -0.2) is 4.98 Å². The first-order valence-electron chi connectivity index (χ1n) is 15.2. The number of fused-ring (bicyclic) bond motifs is 1. The summed E-state index contributed by atoms with van der Waals surface area (Å²) in [7, 11) is 0. The van der Waals surface area contributed by atoms with Crippen molar-refractivity contribution >= 4 is 35.0 Å². The van der Waals surface area contributed by atoms with Crippen molar-refractivity contribution in [3.63, 3.8) is 0 Å². The van der Waals surface area contributed by atoms with Gasteiger partial charge in [0.2, 0.25) is 5.95 Å². The number of pyridine rings is 1. The molecule has 3 atom stereocenters. The highest BCUT2D eigenvalue weighted by Gasteiger charge is 2.28. The van der Waals surface area contributed by atoms with Gasteiger partial charge in [-0.3, -0.25) is 4.79 Å². The van der Waals surface area contributed by atoms with Gasteiger partial charge >= 0.3 is 0 Å². The molecule has 3 aromatic rings. The first-order valence-corrected chi connectivity index (χ1v) is 15.2. The molecule has 10 heteroatoms. The average Bonchev–Trinajstić information content (AvgIpc) is 3.02. The first-order chi connectivity index (χ1) is 20.5. The molecule has 0 aliphatic carbocycles. The number of benzene rings is 1. The molecule has 1 N–H and O–H groups in total. The minimum Gasteiger partial charge on any atom is -0.377 e. The number of hydrogen-bond donors (Lipinski definition) is 1. The standard InChI is InChI=1S/C32H42N6O4/c1-23-21-41-19-16-37(23)30-27-12-13-28(34-29(27)35-32(36-30)38-17-20-42-22-24(38)2)25(9-7-4-8-18-39)14-15-33-31(40)26-10-5-3-6-11-26/h3,5-6,10-13,18,23-25H,4,7-9,14-17,19-22H2,1-2H3,(H,33,40)/t23-,24-,25?/m1/s1. The second kappa shape index (κ2) is 14.5. The van der Waals surface area contributed by atoms with Crippen LogP contribution in [0.1, 0.15) is 67.9 Å². The zero-order valence-corrected chi connectivity index (χ0v) is 24.7. The van der Waals surface area contributed by atoms with E-state index in [0.717, 1.165) is 62.0 Å². The van der Waals surface area contributed by atoms with Gasteiger partial charge in [0.1, 0.15) is 12.1 Å². The third kappa shape index (κ3) is 7.22. The van der Waals surface area contributed by atoms with E-state index >= 15 is 0 Å². The predicted molar refractivity (Wildman–Crippen MR) is 163 cm³/mol.